The molecule has 0 spiro atoms. The summed E-state index contributed by atoms with van der Waals surface area (Å²) in [5, 5.41) is 13.3. The van der Waals surface area contributed by atoms with Crippen LogP contribution in [0.3, 0.4) is 0 Å². The van der Waals surface area contributed by atoms with E-state index in [-0.39, 0.29) is 6.10 Å². The van der Waals surface area contributed by atoms with Gasteiger partial charge in [-0.15, -0.1) is 0 Å². The van der Waals surface area contributed by atoms with Crippen molar-refractivity contribution in [3.05, 3.63) is 59.8 Å². The Bertz CT molecular complexity index is 958. The van der Waals surface area contributed by atoms with E-state index in [9.17, 15) is 5.11 Å². The Labute approximate surface area is 165 Å². The normalized spacial score (nSPS) is 18.9. The van der Waals surface area contributed by atoms with Crippen LogP contribution in [0.5, 0.6) is 0 Å². The van der Waals surface area contributed by atoms with Crippen molar-refractivity contribution in [1.29, 1.82) is 0 Å². The fraction of sp³-hybridized carbons (Fsp3) is 0.348. The Morgan fingerprint density at radius 3 is 2.71 bits per heavy atom. The molecule has 2 N–H and O–H groups in total. The molecule has 2 aliphatic rings. The molecule has 5 nitrogen and oxygen atoms in total. The van der Waals surface area contributed by atoms with Crippen LogP contribution >= 0.6 is 0 Å². The Morgan fingerprint density at radius 2 is 1.89 bits per heavy atom. The van der Waals surface area contributed by atoms with E-state index in [4.69, 9.17) is 4.42 Å². The van der Waals surface area contributed by atoms with Gasteiger partial charge in [-0.25, -0.2) is 4.98 Å². The Morgan fingerprint density at radius 1 is 1.07 bits per heavy atom. The predicted molar refractivity (Wildman–Crippen MR) is 111 cm³/mol. The maximum absolute atomic E-state index is 10.0. The fourth-order valence-corrected chi connectivity index (χ4v) is 4.28. The number of aryl methyl sites for hydroxylation is 1. The van der Waals surface area contributed by atoms with Gasteiger partial charge < -0.3 is 19.7 Å². The molecule has 144 valence electrons. The van der Waals surface area contributed by atoms with Crippen molar-refractivity contribution in [3.8, 4) is 11.3 Å². The molecule has 28 heavy (non-hydrogen) atoms. The number of hydrogen-bond acceptors (Lipinski definition) is 5. The molecule has 0 bridgehead atoms. The molecule has 2 aromatic carbocycles. The molecule has 1 fully saturated rings. The van der Waals surface area contributed by atoms with Gasteiger partial charge in [0.2, 0.25) is 0 Å². The van der Waals surface area contributed by atoms with Crippen LogP contribution in [0.15, 0.2) is 53.1 Å². The minimum Gasteiger partial charge on any atom is -0.423 e. The molecule has 1 saturated heterocycles. The summed E-state index contributed by atoms with van der Waals surface area (Å²) in [5.74, 6) is 0.750. The number of aliphatic hydroxyl groups excluding tert-OH is 1. The number of rotatable bonds is 4. The molecule has 1 aromatic heterocycles. The van der Waals surface area contributed by atoms with Gasteiger partial charge in [-0.3, -0.25) is 0 Å². The average Bonchev–Trinajstić information content (AvgIpc) is 3.41. The third-order valence-electron chi connectivity index (χ3n) is 5.83. The molecule has 5 heteroatoms. The first-order valence-corrected chi connectivity index (χ1v) is 10.1. The van der Waals surface area contributed by atoms with E-state index >= 15 is 0 Å². The third-order valence-corrected chi connectivity index (χ3v) is 5.83. The van der Waals surface area contributed by atoms with E-state index < -0.39 is 0 Å². The van der Waals surface area contributed by atoms with Crippen LogP contribution in [0, 0.1) is 0 Å². The molecule has 1 unspecified atom stereocenters. The fourth-order valence-electron chi connectivity index (χ4n) is 4.28. The van der Waals surface area contributed by atoms with Crippen molar-refractivity contribution in [2.24, 2.45) is 0 Å². The van der Waals surface area contributed by atoms with Crippen LogP contribution in [-0.2, 0) is 12.8 Å². The maximum atomic E-state index is 10.0. The molecule has 0 saturated carbocycles. The number of aliphatic hydroxyl groups is 1. The summed E-state index contributed by atoms with van der Waals surface area (Å²) >= 11 is 0. The second-order valence-corrected chi connectivity index (χ2v) is 7.74. The second kappa shape index (κ2) is 7.32. The lowest BCUT2D eigenvalue weighted by Crippen LogP contribution is -2.19. The van der Waals surface area contributed by atoms with Crippen LogP contribution in [0.1, 0.15) is 30.4 Å². The van der Waals surface area contributed by atoms with Gasteiger partial charge in [0.25, 0.3) is 6.01 Å². The Balaban J connectivity index is 1.34. The smallest absolute Gasteiger partial charge is 0.299 e. The summed E-state index contributed by atoms with van der Waals surface area (Å²) in [5.41, 5.74) is 5.71. The van der Waals surface area contributed by atoms with E-state index in [2.05, 4.69) is 45.5 Å². The van der Waals surface area contributed by atoms with Crippen LogP contribution in [0.25, 0.3) is 11.3 Å². The summed E-state index contributed by atoms with van der Waals surface area (Å²) in [4.78, 5) is 6.83. The van der Waals surface area contributed by atoms with E-state index in [0.29, 0.717) is 12.4 Å². The SMILES string of the molecule is OC1CCc2cccc(Nc3ncc(-c4ccc(N5CCCC5)cc4)o3)c2C1. The van der Waals surface area contributed by atoms with Crippen LogP contribution in [0.2, 0.25) is 0 Å². The van der Waals surface area contributed by atoms with Crippen molar-refractivity contribution >= 4 is 17.4 Å². The average molecular weight is 375 g/mol. The Hall–Kier alpha value is -2.79. The highest BCUT2D eigenvalue weighted by Crippen LogP contribution is 2.32. The van der Waals surface area contributed by atoms with Gasteiger partial charge in [-0.1, -0.05) is 12.1 Å². The number of fused-ring (bicyclic) bond motifs is 1. The number of nitrogens with one attached hydrogen (secondary N) is 1. The minimum atomic E-state index is -0.273. The Kier molecular flexibility index (Phi) is 4.53. The van der Waals surface area contributed by atoms with Crippen LogP contribution < -0.4 is 10.2 Å². The highest BCUT2D eigenvalue weighted by molar-refractivity contribution is 5.65. The van der Waals surface area contributed by atoms with Crippen molar-refractivity contribution < 1.29 is 9.52 Å². The number of hydrogen-bond donors (Lipinski definition) is 2. The van der Waals surface area contributed by atoms with Crippen molar-refractivity contribution in [2.75, 3.05) is 23.3 Å². The quantitative estimate of drug-likeness (QED) is 0.701. The van der Waals surface area contributed by atoms with Crippen molar-refractivity contribution in [3.63, 3.8) is 0 Å². The molecule has 5 rings (SSSR count). The van der Waals surface area contributed by atoms with Crippen molar-refractivity contribution in [2.45, 2.75) is 38.2 Å². The lowest BCUT2D eigenvalue weighted by Gasteiger charge is -2.23. The number of oxazole rings is 1. The standard InChI is InChI=1S/C23H25N3O2/c27-19-11-8-16-4-3-5-21(20(16)14-19)25-23-24-15-22(28-23)17-6-9-18(10-7-17)26-12-1-2-13-26/h3-7,9-10,15,19,27H,1-2,8,11-14H2,(H,24,25). The van der Waals surface area contributed by atoms with E-state index in [1.807, 2.05) is 12.1 Å². The van der Waals surface area contributed by atoms with Gasteiger partial charge in [0.05, 0.1) is 12.3 Å². The maximum Gasteiger partial charge on any atom is 0.299 e. The lowest BCUT2D eigenvalue weighted by atomic mass is 9.88. The summed E-state index contributed by atoms with van der Waals surface area (Å²) in [7, 11) is 0. The molecule has 1 aliphatic heterocycles. The zero-order chi connectivity index (χ0) is 18.9. The summed E-state index contributed by atoms with van der Waals surface area (Å²) in [6, 6.07) is 15.2. The molecular formula is C23H25N3O2. The third kappa shape index (κ3) is 3.38. The van der Waals surface area contributed by atoms with E-state index in [1.54, 1.807) is 6.20 Å². The molecule has 1 aliphatic carbocycles. The van der Waals surface area contributed by atoms with E-state index in [0.717, 1.165) is 48.5 Å². The summed E-state index contributed by atoms with van der Waals surface area (Å²) in [6.45, 7) is 2.29. The van der Waals surface area contributed by atoms with Gasteiger partial charge >= 0.3 is 0 Å². The molecular weight excluding hydrogens is 350 g/mol. The summed E-state index contributed by atoms with van der Waals surface area (Å²) < 4.78 is 5.96. The zero-order valence-corrected chi connectivity index (χ0v) is 15.9. The monoisotopic (exact) mass is 375 g/mol. The molecule has 0 amide bonds. The highest BCUT2D eigenvalue weighted by atomic mass is 16.4. The first-order valence-electron chi connectivity index (χ1n) is 10.1. The summed E-state index contributed by atoms with van der Waals surface area (Å²) in [6.07, 6.45) is 6.45. The minimum absolute atomic E-state index is 0.273. The molecule has 0 radical (unpaired) electrons. The number of anilines is 3. The van der Waals surface area contributed by atoms with Crippen molar-refractivity contribution in [1.82, 2.24) is 4.98 Å². The van der Waals surface area contributed by atoms with E-state index in [1.165, 1.54) is 24.1 Å². The van der Waals surface area contributed by atoms with Crippen LogP contribution in [-0.4, -0.2) is 29.3 Å². The number of nitrogens with zero attached hydrogens (tertiary/aromatic N) is 2. The number of aromatic nitrogens is 1. The first-order chi connectivity index (χ1) is 13.8. The lowest BCUT2D eigenvalue weighted by molar-refractivity contribution is 0.159. The van der Waals surface area contributed by atoms with Gasteiger partial charge in [0, 0.05) is 36.4 Å². The topological polar surface area (TPSA) is 61.5 Å². The van der Waals surface area contributed by atoms with Gasteiger partial charge in [0.1, 0.15) is 0 Å². The zero-order valence-electron chi connectivity index (χ0n) is 15.9. The predicted octanol–water partition coefficient (Wildman–Crippen LogP) is 4.54. The van der Waals surface area contributed by atoms with Crippen LogP contribution in [0.4, 0.5) is 17.4 Å². The second-order valence-electron chi connectivity index (χ2n) is 7.74. The molecule has 1 atom stereocenters. The number of benzene rings is 2. The first kappa shape index (κ1) is 17.3. The molecule has 3 aromatic rings. The molecule has 2 heterocycles. The largest absolute Gasteiger partial charge is 0.423 e. The van der Waals surface area contributed by atoms with Gasteiger partial charge in [-0.2, -0.15) is 0 Å². The highest BCUT2D eigenvalue weighted by Gasteiger charge is 2.20. The van der Waals surface area contributed by atoms with Gasteiger partial charge in [-0.05, 0) is 67.1 Å². The van der Waals surface area contributed by atoms with Gasteiger partial charge in [0.15, 0.2) is 5.76 Å².